The molecule has 0 saturated carbocycles. The summed E-state index contributed by atoms with van der Waals surface area (Å²) in [6, 6.07) is 0. The van der Waals surface area contributed by atoms with E-state index < -0.39 is 0 Å². The molecule has 0 fully saturated rings. The van der Waals surface area contributed by atoms with Crippen LogP contribution < -0.4 is 0 Å². The molecule has 0 atom stereocenters. The minimum absolute atomic E-state index is 0.424. The monoisotopic (exact) mass is 312 g/mol. The fraction of sp³-hybridized carbons (Fsp3) is 0.364. The first-order valence-electron chi connectivity index (χ1n) is 5.49. The van der Waals surface area contributed by atoms with Crippen molar-refractivity contribution in [1.82, 2.24) is 19.5 Å². The van der Waals surface area contributed by atoms with Gasteiger partial charge in [0.15, 0.2) is 5.82 Å². The Bertz CT molecular complexity index is 567. The fourth-order valence-electron chi connectivity index (χ4n) is 2.16. The second kappa shape index (κ2) is 4.38. The lowest BCUT2D eigenvalue weighted by molar-refractivity contribution is 0.653. The summed E-state index contributed by atoms with van der Waals surface area (Å²) in [5, 5.41) is 0.424. The van der Waals surface area contributed by atoms with Gasteiger partial charge in [0.2, 0.25) is 0 Å². The number of nitrogens with zero attached hydrogens (tertiary/aromatic N) is 4. The smallest absolute Gasteiger partial charge is 0.157 e. The van der Waals surface area contributed by atoms with Crippen molar-refractivity contribution < 1.29 is 0 Å². The van der Waals surface area contributed by atoms with Gasteiger partial charge in [0.1, 0.15) is 17.8 Å². The third-order valence-electron chi connectivity index (χ3n) is 2.99. The van der Waals surface area contributed by atoms with Gasteiger partial charge in [0, 0.05) is 5.69 Å². The molecule has 1 aliphatic rings. The molecule has 6 heteroatoms. The van der Waals surface area contributed by atoms with E-state index in [0.717, 1.165) is 18.7 Å². The highest BCUT2D eigenvalue weighted by Gasteiger charge is 2.18. The molecule has 4 nitrogen and oxygen atoms in total. The van der Waals surface area contributed by atoms with E-state index in [1.807, 2.05) is 10.9 Å². The lowest BCUT2D eigenvalue weighted by atomic mass is 10.0. The molecule has 0 amide bonds. The minimum Gasteiger partial charge on any atom is -0.286 e. The molecule has 0 saturated heterocycles. The van der Waals surface area contributed by atoms with Gasteiger partial charge in [-0.05, 0) is 41.6 Å². The van der Waals surface area contributed by atoms with Crippen molar-refractivity contribution >= 4 is 27.5 Å². The topological polar surface area (TPSA) is 43.6 Å². The van der Waals surface area contributed by atoms with Gasteiger partial charge in [-0.1, -0.05) is 11.6 Å². The normalized spacial score (nSPS) is 14.7. The molecule has 0 N–H and O–H groups in total. The maximum absolute atomic E-state index is 5.98. The summed E-state index contributed by atoms with van der Waals surface area (Å²) in [6.45, 7) is 0. The van der Waals surface area contributed by atoms with Gasteiger partial charge < -0.3 is 0 Å². The summed E-state index contributed by atoms with van der Waals surface area (Å²) in [4.78, 5) is 12.6. The molecule has 0 bridgehead atoms. The molecular formula is C11H10BrClN4. The van der Waals surface area contributed by atoms with E-state index in [0.29, 0.717) is 9.63 Å². The zero-order chi connectivity index (χ0) is 11.8. The van der Waals surface area contributed by atoms with E-state index in [2.05, 4.69) is 30.9 Å². The van der Waals surface area contributed by atoms with Crippen molar-refractivity contribution in [2.45, 2.75) is 25.7 Å². The van der Waals surface area contributed by atoms with Crippen molar-refractivity contribution in [3.8, 4) is 5.82 Å². The lowest BCUT2D eigenvalue weighted by Gasteiger charge is -2.14. The molecule has 0 unspecified atom stereocenters. The molecule has 17 heavy (non-hydrogen) atoms. The summed E-state index contributed by atoms with van der Waals surface area (Å²) in [7, 11) is 0. The highest BCUT2D eigenvalue weighted by molar-refractivity contribution is 9.10. The Labute approximate surface area is 112 Å². The van der Waals surface area contributed by atoms with Gasteiger partial charge in [0.05, 0.1) is 10.2 Å². The molecule has 1 aliphatic carbocycles. The standard InChI is InChI=1S/C11H10BrClN4/c12-9-10(13)14-5-15-11(9)17-6-16-7-3-1-2-4-8(7)17/h5-6H,1-4H2. The molecule has 88 valence electrons. The summed E-state index contributed by atoms with van der Waals surface area (Å²) in [6.07, 6.45) is 7.81. The number of fused-ring (bicyclic) bond motifs is 1. The molecule has 0 radical (unpaired) electrons. The van der Waals surface area contributed by atoms with E-state index in [4.69, 9.17) is 11.6 Å². The van der Waals surface area contributed by atoms with Gasteiger partial charge in [-0.2, -0.15) is 0 Å². The Kier molecular flexibility index (Phi) is 2.88. The first kappa shape index (κ1) is 11.2. The van der Waals surface area contributed by atoms with Crippen molar-refractivity contribution in [3.05, 3.63) is 33.7 Å². The largest absolute Gasteiger partial charge is 0.286 e. The number of rotatable bonds is 1. The Hall–Kier alpha value is -0.940. The Morgan fingerprint density at radius 1 is 1.18 bits per heavy atom. The number of imidazole rings is 1. The molecule has 2 aromatic heterocycles. The number of aryl methyl sites for hydroxylation is 1. The van der Waals surface area contributed by atoms with Gasteiger partial charge in [-0.15, -0.1) is 0 Å². The van der Waals surface area contributed by atoms with Crippen LogP contribution in [0.15, 0.2) is 17.1 Å². The van der Waals surface area contributed by atoms with Crippen LogP contribution >= 0.6 is 27.5 Å². The van der Waals surface area contributed by atoms with Crippen LogP contribution in [0, 0.1) is 0 Å². The highest BCUT2D eigenvalue weighted by atomic mass is 79.9. The number of hydrogen-bond acceptors (Lipinski definition) is 3. The minimum atomic E-state index is 0.424. The van der Waals surface area contributed by atoms with Crippen molar-refractivity contribution in [2.75, 3.05) is 0 Å². The van der Waals surface area contributed by atoms with Crippen LogP contribution in [0.4, 0.5) is 0 Å². The van der Waals surface area contributed by atoms with Crippen LogP contribution in [0.5, 0.6) is 0 Å². The predicted octanol–water partition coefficient (Wildman–Crippen LogP) is 2.96. The van der Waals surface area contributed by atoms with Crippen LogP contribution in [0.1, 0.15) is 24.2 Å². The first-order chi connectivity index (χ1) is 8.27. The molecular weight excluding hydrogens is 304 g/mol. The average molecular weight is 314 g/mol. The van der Waals surface area contributed by atoms with Crippen LogP contribution in [0.25, 0.3) is 5.82 Å². The van der Waals surface area contributed by atoms with E-state index in [9.17, 15) is 0 Å². The molecule has 2 aromatic rings. The summed E-state index contributed by atoms with van der Waals surface area (Å²) >= 11 is 9.41. The summed E-state index contributed by atoms with van der Waals surface area (Å²) in [5.41, 5.74) is 2.42. The summed E-state index contributed by atoms with van der Waals surface area (Å²) < 4.78 is 2.72. The Balaban J connectivity index is 2.15. The van der Waals surface area contributed by atoms with Gasteiger partial charge in [-0.25, -0.2) is 15.0 Å². The molecule has 0 aromatic carbocycles. The molecule has 0 aliphatic heterocycles. The zero-order valence-corrected chi connectivity index (χ0v) is 11.4. The quantitative estimate of drug-likeness (QED) is 0.760. The Morgan fingerprint density at radius 2 is 2.00 bits per heavy atom. The van der Waals surface area contributed by atoms with Crippen LogP contribution in [0.2, 0.25) is 5.15 Å². The van der Waals surface area contributed by atoms with E-state index >= 15 is 0 Å². The molecule has 0 spiro atoms. The maximum Gasteiger partial charge on any atom is 0.157 e. The van der Waals surface area contributed by atoms with Gasteiger partial charge in [-0.3, -0.25) is 4.57 Å². The molecule has 2 heterocycles. The van der Waals surface area contributed by atoms with Crippen molar-refractivity contribution in [1.29, 1.82) is 0 Å². The Morgan fingerprint density at radius 3 is 2.88 bits per heavy atom. The van der Waals surface area contributed by atoms with E-state index in [1.54, 1.807) is 0 Å². The lowest BCUT2D eigenvalue weighted by Crippen LogP contribution is -2.08. The van der Waals surface area contributed by atoms with Crippen molar-refractivity contribution in [2.24, 2.45) is 0 Å². The second-order valence-electron chi connectivity index (χ2n) is 4.02. The van der Waals surface area contributed by atoms with Crippen molar-refractivity contribution in [3.63, 3.8) is 0 Å². The van der Waals surface area contributed by atoms with E-state index in [1.165, 1.54) is 30.6 Å². The third-order valence-corrected chi connectivity index (χ3v) is 4.23. The summed E-state index contributed by atoms with van der Waals surface area (Å²) in [5.74, 6) is 0.764. The van der Waals surface area contributed by atoms with Crippen LogP contribution in [-0.4, -0.2) is 19.5 Å². The van der Waals surface area contributed by atoms with Crippen LogP contribution in [0.3, 0.4) is 0 Å². The predicted molar refractivity (Wildman–Crippen MR) is 68.5 cm³/mol. The SMILES string of the molecule is Clc1ncnc(-n2cnc3c2CCCC3)c1Br. The zero-order valence-electron chi connectivity index (χ0n) is 9.03. The first-order valence-corrected chi connectivity index (χ1v) is 6.66. The number of aromatic nitrogens is 4. The third kappa shape index (κ3) is 1.87. The highest BCUT2D eigenvalue weighted by Crippen LogP contribution is 2.28. The number of hydrogen-bond donors (Lipinski definition) is 0. The maximum atomic E-state index is 5.98. The van der Waals surface area contributed by atoms with Gasteiger partial charge in [0.25, 0.3) is 0 Å². The van der Waals surface area contributed by atoms with Crippen LogP contribution in [-0.2, 0) is 12.8 Å². The molecule has 3 rings (SSSR count). The number of halogens is 2. The van der Waals surface area contributed by atoms with Gasteiger partial charge >= 0.3 is 0 Å². The average Bonchev–Trinajstić information content (AvgIpc) is 2.77. The second-order valence-corrected chi connectivity index (χ2v) is 5.17. The fourth-order valence-corrected chi connectivity index (χ4v) is 2.68. The van der Waals surface area contributed by atoms with E-state index in [-0.39, 0.29) is 0 Å².